The van der Waals surface area contributed by atoms with Gasteiger partial charge >= 0.3 is 0 Å². The van der Waals surface area contributed by atoms with Crippen LogP contribution in [0, 0.1) is 0 Å². The highest BCUT2D eigenvalue weighted by atomic mass is 13.8. The first-order valence-corrected chi connectivity index (χ1v) is 16.5. The highest BCUT2D eigenvalue weighted by Crippen LogP contribution is 1.90. The summed E-state index contributed by atoms with van der Waals surface area (Å²) in [6.07, 6.45) is 94.8. The zero-order chi connectivity index (χ0) is 35.9. The van der Waals surface area contributed by atoms with Crippen LogP contribution >= 0.6 is 0 Å². The summed E-state index contributed by atoms with van der Waals surface area (Å²) in [6.45, 7) is 7.25. The minimum Gasteiger partial charge on any atom is -0.0991 e. The smallest absolute Gasteiger partial charge is 0.0623 e. The monoisotopic (exact) mass is 652 g/mol. The Morgan fingerprint density at radius 2 is 0.160 bits per heavy atom. The van der Waals surface area contributed by atoms with Gasteiger partial charge in [0, 0.05) is 0 Å². The molecule has 0 atom stereocenters. The summed E-state index contributed by atoms with van der Waals surface area (Å²) in [4.78, 5) is 0. The molecule has 0 N–H and O–H groups in total. The zero-order valence-electron chi connectivity index (χ0n) is 29.1. The molecule has 0 bridgehead atoms. The predicted octanol–water partition coefficient (Wildman–Crippen LogP) is 14.2. The van der Waals surface area contributed by atoms with Gasteiger partial charge in [0.15, 0.2) is 0 Å². The number of rotatable bonds is 24. The third kappa shape index (κ3) is 41.5. The molecule has 0 saturated carbocycles. The van der Waals surface area contributed by atoms with Crippen molar-refractivity contribution < 1.29 is 0 Å². The Balaban J connectivity index is 4.05. The Bertz CT molecular complexity index is 1460. The average molecular weight is 653 g/mol. The molecule has 0 nitrogen and oxygen atoms in total. The Morgan fingerprint density at radius 3 is 0.220 bits per heavy atom. The lowest BCUT2D eigenvalue weighted by molar-refractivity contribution is 1.81. The van der Waals surface area contributed by atoms with E-state index in [1.807, 2.05) is 279 Å². The van der Waals surface area contributed by atoms with E-state index in [9.17, 15) is 0 Å². The summed E-state index contributed by atoms with van der Waals surface area (Å²) in [5, 5.41) is 0. The maximum Gasteiger partial charge on any atom is -0.0623 e. The topological polar surface area (TPSA) is 0 Å². The van der Waals surface area contributed by atoms with E-state index in [4.69, 9.17) is 0 Å². The van der Waals surface area contributed by atoms with Gasteiger partial charge in [-0.25, -0.2) is 0 Å². The summed E-state index contributed by atoms with van der Waals surface area (Å²) in [6, 6.07) is 0. The molecular weight excluding hydrogens is 601 g/mol. The van der Waals surface area contributed by atoms with Gasteiger partial charge in [0.1, 0.15) is 0 Å². The van der Waals surface area contributed by atoms with Crippen LogP contribution in [0.2, 0.25) is 0 Å². The Labute approximate surface area is 303 Å². The van der Waals surface area contributed by atoms with Crippen molar-refractivity contribution in [3.8, 4) is 0 Å². The first-order chi connectivity index (χ1) is 24.9. The minimum atomic E-state index is 1.75. The molecule has 0 aliphatic carbocycles. The minimum absolute atomic E-state index is 1.75. The molecule has 0 amide bonds. The lowest BCUT2D eigenvalue weighted by atomic mass is 10.3. The van der Waals surface area contributed by atoms with Gasteiger partial charge in [-0.2, -0.15) is 0 Å². The van der Waals surface area contributed by atoms with Gasteiger partial charge in [-0.1, -0.05) is 305 Å². The highest BCUT2D eigenvalue weighted by molar-refractivity contribution is 5.26. The van der Waals surface area contributed by atoms with E-state index in [1.54, 1.807) is 12.2 Å². The van der Waals surface area contributed by atoms with Crippen LogP contribution < -0.4 is 0 Å². The molecule has 0 fully saturated rings. The third-order valence-electron chi connectivity index (χ3n) is 5.27. The maximum atomic E-state index is 3.62. The third-order valence-corrected chi connectivity index (χ3v) is 5.27. The lowest BCUT2D eigenvalue weighted by Gasteiger charge is -1.77. The quantitative estimate of drug-likeness (QED) is 0.0910. The molecule has 0 spiro atoms. The SMILES string of the molecule is C=C/C=C/C=C/C=C/C=C/C=C/C=C/C=C/C=C/C=C/C=C/C=C/C=C/C=C/C=C/C=C/C=C/C=C/C=C/C=C/C=C/C=C/C=C/C=C/C=C. The van der Waals surface area contributed by atoms with E-state index in [1.165, 1.54) is 0 Å². The van der Waals surface area contributed by atoms with Gasteiger partial charge in [0.25, 0.3) is 0 Å². The summed E-state index contributed by atoms with van der Waals surface area (Å²) < 4.78 is 0. The summed E-state index contributed by atoms with van der Waals surface area (Å²) >= 11 is 0. The molecule has 0 aromatic carbocycles. The molecule has 0 unspecified atom stereocenters. The molecule has 0 radical (unpaired) electrons. The average Bonchev–Trinajstić information content (AvgIpc) is 3.13. The normalized spacial score (nSPS) is 15.1. The van der Waals surface area contributed by atoms with E-state index in [2.05, 4.69) is 13.2 Å². The van der Waals surface area contributed by atoms with Crippen molar-refractivity contribution in [1.29, 1.82) is 0 Å². The predicted molar refractivity (Wildman–Crippen MR) is 231 cm³/mol. The summed E-state index contributed by atoms with van der Waals surface area (Å²) in [5.74, 6) is 0. The van der Waals surface area contributed by atoms with E-state index >= 15 is 0 Å². The van der Waals surface area contributed by atoms with Crippen molar-refractivity contribution in [2.75, 3.05) is 0 Å². The highest BCUT2D eigenvalue weighted by Gasteiger charge is 1.68. The van der Waals surface area contributed by atoms with Gasteiger partial charge in [0.2, 0.25) is 0 Å². The fourth-order valence-corrected chi connectivity index (χ4v) is 2.98. The number of allylic oxidation sites excluding steroid dienone is 48. The molecule has 50 heavy (non-hydrogen) atoms. The molecule has 0 aromatic heterocycles. The molecule has 0 heterocycles. The van der Waals surface area contributed by atoms with Gasteiger partial charge < -0.3 is 0 Å². The molecular formula is C50H52. The Kier molecular flexibility index (Phi) is 37.0. The van der Waals surface area contributed by atoms with Crippen LogP contribution in [0.25, 0.3) is 0 Å². The van der Waals surface area contributed by atoms with E-state index < -0.39 is 0 Å². The first kappa shape index (κ1) is 43.5. The Hall–Kier alpha value is -6.50. The van der Waals surface area contributed by atoms with Crippen molar-refractivity contribution in [2.24, 2.45) is 0 Å². The van der Waals surface area contributed by atoms with Gasteiger partial charge in [-0.05, 0) is 0 Å². The van der Waals surface area contributed by atoms with Crippen LogP contribution in [-0.2, 0) is 0 Å². The van der Waals surface area contributed by atoms with E-state index in [-0.39, 0.29) is 0 Å². The fourth-order valence-electron chi connectivity index (χ4n) is 2.98. The second-order valence-corrected chi connectivity index (χ2v) is 9.32. The van der Waals surface area contributed by atoms with Crippen molar-refractivity contribution >= 4 is 0 Å². The Morgan fingerprint density at radius 1 is 0.100 bits per heavy atom. The molecule has 0 heteroatoms. The maximum absolute atomic E-state index is 3.62. The second kappa shape index (κ2) is 42.5. The van der Waals surface area contributed by atoms with E-state index in [0.717, 1.165) is 0 Å². The largest absolute Gasteiger partial charge is 0.0991 e. The van der Waals surface area contributed by atoms with Crippen LogP contribution in [0.15, 0.2) is 305 Å². The van der Waals surface area contributed by atoms with Gasteiger partial charge in [-0.3, -0.25) is 0 Å². The van der Waals surface area contributed by atoms with E-state index in [0.29, 0.717) is 0 Å². The van der Waals surface area contributed by atoms with Crippen molar-refractivity contribution in [2.45, 2.75) is 0 Å². The molecule has 0 aromatic rings. The molecule has 0 saturated heterocycles. The van der Waals surface area contributed by atoms with Crippen LogP contribution in [0.1, 0.15) is 0 Å². The fraction of sp³-hybridized carbons (Fsp3) is 0. The molecule has 0 aliphatic rings. The second-order valence-electron chi connectivity index (χ2n) is 9.32. The van der Waals surface area contributed by atoms with Gasteiger partial charge in [0.05, 0.1) is 0 Å². The summed E-state index contributed by atoms with van der Waals surface area (Å²) in [5.41, 5.74) is 0. The number of hydrogen-bond acceptors (Lipinski definition) is 0. The zero-order valence-corrected chi connectivity index (χ0v) is 29.1. The standard InChI is InChI=1S/C50H52/c1-3-5-7-9-11-13-15-17-19-21-23-25-27-29-31-33-35-37-39-41-43-45-47-49-50-48-46-44-42-40-38-36-34-32-30-28-26-24-22-20-18-16-14-12-10-8-6-4-2/h3-50H,1-2H2/b7-5+,8-6+,11-9+,12-10+,15-13+,16-14+,19-17+,20-18+,23-21+,24-22+,27-25+,28-26+,31-29+,32-30+,35-33+,36-34+,39-37+,40-38+,43-41+,44-42+,47-45+,48-46+,50-49+. The van der Waals surface area contributed by atoms with Gasteiger partial charge in [-0.15, -0.1) is 0 Å². The van der Waals surface area contributed by atoms with Crippen molar-refractivity contribution in [1.82, 2.24) is 0 Å². The van der Waals surface area contributed by atoms with Crippen molar-refractivity contribution in [3.63, 3.8) is 0 Å². The van der Waals surface area contributed by atoms with Crippen molar-refractivity contribution in [3.05, 3.63) is 305 Å². The molecule has 0 aliphatic heterocycles. The lowest BCUT2D eigenvalue weighted by Crippen LogP contribution is -1.55. The van der Waals surface area contributed by atoms with Crippen LogP contribution in [0.4, 0.5) is 0 Å². The molecule has 0 rings (SSSR count). The number of hydrogen-bond donors (Lipinski definition) is 0. The van der Waals surface area contributed by atoms with Crippen LogP contribution in [0.3, 0.4) is 0 Å². The first-order valence-electron chi connectivity index (χ1n) is 16.5. The summed E-state index contributed by atoms with van der Waals surface area (Å²) in [7, 11) is 0. The van der Waals surface area contributed by atoms with Crippen LogP contribution in [0.5, 0.6) is 0 Å². The molecule has 252 valence electrons. The van der Waals surface area contributed by atoms with Crippen LogP contribution in [-0.4, -0.2) is 0 Å².